The van der Waals surface area contributed by atoms with Crippen molar-refractivity contribution < 1.29 is 14.4 Å². The summed E-state index contributed by atoms with van der Waals surface area (Å²) in [4.78, 5) is 36.9. The lowest BCUT2D eigenvalue weighted by Gasteiger charge is -2.13. The molecular weight excluding hydrogens is 256 g/mol. The minimum atomic E-state index is -0.633. The molecule has 3 amide bonds. The molecule has 0 fully saturated rings. The summed E-state index contributed by atoms with van der Waals surface area (Å²) in [6.45, 7) is 0. The fourth-order valence-electron chi connectivity index (χ4n) is 2.21. The second-order valence-electron chi connectivity index (χ2n) is 4.41. The van der Waals surface area contributed by atoms with Crippen molar-refractivity contribution in [3.63, 3.8) is 0 Å². The van der Waals surface area contributed by atoms with Crippen LogP contribution in [0.3, 0.4) is 0 Å². The molecule has 2 aromatic carbocycles. The van der Waals surface area contributed by atoms with Crippen LogP contribution < -0.4 is 10.6 Å². The lowest BCUT2D eigenvalue weighted by atomic mass is 10.1. The van der Waals surface area contributed by atoms with E-state index in [-0.39, 0.29) is 16.7 Å². The van der Waals surface area contributed by atoms with Crippen LogP contribution in [0.4, 0.5) is 5.69 Å². The SMILES string of the molecule is NC(=O)c1ccc2c(c1)C(=O)N(c1ccccc1)C2=O. The number of para-hydroxylation sites is 1. The Balaban J connectivity index is 2.11. The fraction of sp³-hybridized carbons (Fsp3) is 0. The third-order valence-corrected chi connectivity index (χ3v) is 3.19. The molecule has 0 aliphatic carbocycles. The number of hydrogen-bond acceptors (Lipinski definition) is 3. The first-order valence-corrected chi connectivity index (χ1v) is 5.97. The Kier molecular flexibility index (Phi) is 2.61. The number of nitrogens with zero attached hydrogens (tertiary/aromatic N) is 1. The Morgan fingerprint density at radius 1 is 0.900 bits per heavy atom. The summed E-state index contributed by atoms with van der Waals surface area (Å²) in [7, 11) is 0. The van der Waals surface area contributed by atoms with Crippen molar-refractivity contribution >= 4 is 23.4 Å². The maximum Gasteiger partial charge on any atom is 0.266 e. The Morgan fingerprint density at radius 2 is 1.55 bits per heavy atom. The lowest BCUT2D eigenvalue weighted by molar-refractivity contribution is 0.0925. The van der Waals surface area contributed by atoms with Gasteiger partial charge in [-0.25, -0.2) is 4.90 Å². The van der Waals surface area contributed by atoms with E-state index in [2.05, 4.69) is 0 Å². The van der Waals surface area contributed by atoms with E-state index < -0.39 is 17.7 Å². The Morgan fingerprint density at radius 3 is 2.20 bits per heavy atom. The third-order valence-electron chi connectivity index (χ3n) is 3.19. The highest BCUT2D eigenvalue weighted by Crippen LogP contribution is 2.28. The first kappa shape index (κ1) is 12.1. The molecule has 0 unspecified atom stereocenters. The number of carbonyl (C=O) groups excluding carboxylic acids is 3. The van der Waals surface area contributed by atoms with Crippen LogP contribution in [0, 0.1) is 0 Å². The zero-order valence-electron chi connectivity index (χ0n) is 10.4. The quantitative estimate of drug-likeness (QED) is 0.838. The average Bonchev–Trinajstić information content (AvgIpc) is 2.71. The number of rotatable bonds is 2. The van der Waals surface area contributed by atoms with Crippen LogP contribution in [0.25, 0.3) is 0 Å². The summed E-state index contributed by atoms with van der Waals surface area (Å²) >= 11 is 0. The number of hydrogen-bond donors (Lipinski definition) is 1. The minimum Gasteiger partial charge on any atom is -0.366 e. The molecule has 0 radical (unpaired) electrons. The van der Waals surface area contributed by atoms with Gasteiger partial charge in [0.1, 0.15) is 0 Å². The molecule has 1 aliphatic rings. The Labute approximate surface area is 114 Å². The van der Waals surface area contributed by atoms with Crippen molar-refractivity contribution in [2.24, 2.45) is 5.73 Å². The van der Waals surface area contributed by atoms with Crippen LogP contribution in [0.2, 0.25) is 0 Å². The van der Waals surface area contributed by atoms with Gasteiger partial charge < -0.3 is 5.73 Å². The van der Waals surface area contributed by atoms with Gasteiger partial charge in [0.25, 0.3) is 11.8 Å². The van der Waals surface area contributed by atoms with Crippen molar-refractivity contribution in [1.82, 2.24) is 0 Å². The van der Waals surface area contributed by atoms with Crippen molar-refractivity contribution in [1.29, 1.82) is 0 Å². The number of benzene rings is 2. The molecule has 0 spiro atoms. The molecule has 0 aromatic heterocycles. The number of amides is 3. The van der Waals surface area contributed by atoms with Crippen LogP contribution in [0.1, 0.15) is 31.1 Å². The van der Waals surface area contributed by atoms with E-state index in [4.69, 9.17) is 5.73 Å². The van der Waals surface area contributed by atoms with E-state index in [9.17, 15) is 14.4 Å². The zero-order valence-corrected chi connectivity index (χ0v) is 10.4. The van der Waals surface area contributed by atoms with Crippen molar-refractivity contribution in [2.75, 3.05) is 4.90 Å². The summed E-state index contributed by atoms with van der Waals surface area (Å²) in [5.74, 6) is -1.47. The molecule has 3 rings (SSSR count). The average molecular weight is 266 g/mol. The summed E-state index contributed by atoms with van der Waals surface area (Å²) in [5.41, 5.74) is 6.38. The molecule has 0 bridgehead atoms. The first-order valence-electron chi connectivity index (χ1n) is 5.97. The summed E-state index contributed by atoms with van der Waals surface area (Å²) < 4.78 is 0. The van der Waals surface area contributed by atoms with Gasteiger partial charge in [0.2, 0.25) is 5.91 Å². The van der Waals surface area contributed by atoms with Gasteiger partial charge in [0, 0.05) is 5.56 Å². The van der Waals surface area contributed by atoms with Gasteiger partial charge in [0.15, 0.2) is 0 Å². The monoisotopic (exact) mass is 266 g/mol. The standard InChI is InChI=1S/C15H10N2O3/c16-13(18)9-6-7-11-12(8-9)15(20)17(14(11)19)10-4-2-1-3-5-10/h1-8H,(H2,16,18). The van der Waals surface area contributed by atoms with Gasteiger partial charge >= 0.3 is 0 Å². The number of fused-ring (bicyclic) bond motifs is 1. The number of nitrogens with two attached hydrogens (primary N) is 1. The summed E-state index contributed by atoms with van der Waals surface area (Å²) in [5, 5.41) is 0. The predicted molar refractivity (Wildman–Crippen MR) is 72.5 cm³/mol. The molecule has 5 nitrogen and oxygen atoms in total. The van der Waals surface area contributed by atoms with E-state index >= 15 is 0 Å². The highest BCUT2D eigenvalue weighted by Gasteiger charge is 2.36. The van der Waals surface area contributed by atoms with Crippen molar-refractivity contribution in [2.45, 2.75) is 0 Å². The van der Waals surface area contributed by atoms with Gasteiger partial charge in [-0.1, -0.05) is 18.2 Å². The topological polar surface area (TPSA) is 80.5 Å². The van der Waals surface area contributed by atoms with Crippen LogP contribution in [-0.2, 0) is 0 Å². The molecular formula is C15H10N2O3. The largest absolute Gasteiger partial charge is 0.366 e. The van der Waals surface area contributed by atoms with Crippen LogP contribution in [0.5, 0.6) is 0 Å². The molecule has 5 heteroatoms. The number of carbonyl (C=O) groups is 3. The van der Waals surface area contributed by atoms with Gasteiger partial charge in [-0.05, 0) is 30.3 Å². The third kappa shape index (κ3) is 1.68. The molecule has 98 valence electrons. The molecule has 0 saturated heterocycles. The molecule has 0 saturated carbocycles. The Bertz CT molecular complexity index is 738. The molecule has 2 N–H and O–H groups in total. The second kappa shape index (κ2) is 4.31. The highest BCUT2D eigenvalue weighted by molar-refractivity contribution is 6.34. The first-order chi connectivity index (χ1) is 9.59. The van der Waals surface area contributed by atoms with Crippen LogP contribution in [0.15, 0.2) is 48.5 Å². The Hall–Kier alpha value is -2.95. The lowest BCUT2D eigenvalue weighted by Crippen LogP contribution is -2.29. The van der Waals surface area contributed by atoms with E-state index in [1.165, 1.54) is 18.2 Å². The molecule has 0 atom stereocenters. The van der Waals surface area contributed by atoms with Crippen LogP contribution >= 0.6 is 0 Å². The summed E-state index contributed by atoms with van der Waals surface area (Å²) in [6.07, 6.45) is 0. The minimum absolute atomic E-state index is 0.204. The maximum absolute atomic E-state index is 12.3. The van der Waals surface area contributed by atoms with Gasteiger partial charge in [-0.15, -0.1) is 0 Å². The van der Waals surface area contributed by atoms with E-state index in [1.54, 1.807) is 30.3 Å². The van der Waals surface area contributed by atoms with Gasteiger partial charge in [-0.3, -0.25) is 14.4 Å². The second-order valence-corrected chi connectivity index (χ2v) is 4.41. The van der Waals surface area contributed by atoms with E-state index in [1.807, 2.05) is 0 Å². The van der Waals surface area contributed by atoms with Crippen molar-refractivity contribution in [3.05, 3.63) is 65.2 Å². The molecule has 2 aromatic rings. The zero-order chi connectivity index (χ0) is 14.3. The fourth-order valence-corrected chi connectivity index (χ4v) is 2.21. The van der Waals surface area contributed by atoms with Gasteiger partial charge in [-0.2, -0.15) is 0 Å². The number of primary amides is 1. The number of imide groups is 1. The predicted octanol–water partition coefficient (Wildman–Crippen LogP) is 1.59. The normalized spacial score (nSPS) is 13.5. The smallest absolute Gasteiger partial charge is 0.266 e. The van der Waals surface area contributed by atoms with E-state index in [0.29, 0.717) is 5.69 Å². The van der Waals surface area contributed by atoms with Crippen LogP contribution in [-0.4, -0.2) is 17.7 Å². The summed E-state index contributed by atoms with van der Waals surface area (Å²) in [6, 6.07) is 12.9. The molecule has 1 heterocycles. The van der Waals surface area contributed by atoms with Gasteiger partial charge in [0.05, 0.1) is 16.8 Å². The van der Waals surface area contributed by atoms with Crippen molar-refractivity contribution in [3.8, 4) is 0 Å². The molecule has 20 heavy (non-hydrogen) atoms. The molecule has 1 aliphatic heterocycles. The van der Waals surface area contributed by atoms with E-state index in [0.717, 1.165) is 4.90 Å². The highest BCUT2D eigenvalue weighted by atomic mass is 16.2. The number of anilines is 1. The maximum atomic E-state index is 12.3.